The quantitative estimate of drug-likeness (QED) is 0.0512. The van der Waals surface area contributed by atoms with E-state index >= 15 is 0 Å². The van der Waals surface area contributed by atoms with Gasteiger partial charge in [0.05, 0.1) is 6.10 Å². The van der Waals surface area contributed by atoms with Crippen LogP contribution in [0.3, 0.4) is 0 Å². The van der Waals surface area contributed by atoms with Gasteiger partial charge in [-0.1, -0.05) is 96.2 Å². The average molecular weight is 796 g/mol. The number of hydrogen-bond donors (Lipinski definition) is 3. The van der Waals surface area contributed by atoms with Crippen molar-refractivity contribution >= 4 is 57.7 Å². The molecule has 13 nitrogen and oxygen atoms in total. The molecule has 0 spiro atoms. The molecular formula is C41H41N5O8S2. The van der Waals surface area contributed by atoms with E-state index in [1.807, 2.05) is 91.0 Å². The van der Waals surface area contributed by atoms with Gasteiger partial charge in [-0.05, 0) is 55.9 Å². The van der Waals surface area contributed by atoms with Gasteiger partial charge in [-0.15, -0.1) is 23.1 Å². The van der Waals surface area contributed by atoms with Crippen LogP contribution in [0.1, 0.15) is 56.0 Å². The Bertz CT molecular complexity index is 2050. The number of aliphatic carboxylic acids is 1. The number of nitrogens with one attached hydrogen (secondary N) is 2. The van der Waals surface area contributed by atoms with Crippen molar-refractivity contribution < 1.29 is 38.6 Å². The first-order valence-corrected chi connectivity index (χ1v) is 20.0. The van der Waals surface area contributed by atoms with Crippen molar-refractivity contribution in [2.45, 2.75) is 62.3 Å². The summed E-state index contributed by atoms with van der Waals surface area (Å²) in [5, 5.41) is 22.0. The van der Waals surface area contributed by atoms with Gasteiger partial charge in [-0.25, -0.2) is 14.6 Å². The Morgan fingerprint density at radius 2 is 1.57 bits per heavy atom. The largest absolute Gasteiger partial charge is 0.477 e. The van der Waals surface area contributed by atoms with Crippen LogP contribution in [0, 0.1) is 0 Å². The molecule has 56 heavy (non-hydrogen) atoms. The average Bonchev–Trinajstić information content (AvgIpc) is 3.90. The zero-order valence-electron chi connectivity index (χ0n) is 31.0. The molecule has 4 aromatic rings. The number of rotatable bonds is 13. The first-order valence-electron chi connectivity index (χ1n) is 18.1. The number of hydrogen-bond acceptors (Lipinski definition) is 12. The third-order valence-corrected chi connectivity index (χ3v) is 11.5. The summed E-state index contributed by atoms with van der Waals surface area (Å²) in [7, 11) is 0. The number of anilines is 1. The molecule has 2 saturated heterocycles. The Hall–Kier alpha value is -5.51. The summed E-state index contributed by atoms with van der Waals surface area (Å²) in [5.74, 6) is -2.96. The fourth-order valence-electron chi connectivity index (χ4n) is 7.06. The van der Waals surface area contributed by atoms with Crippen molar-refractivity contribution in [2.75, 3.05) is 24.3 Å². The number of esters is 1. The zero-order valence-corrected chi connectivity index (χ0v) is 32.6. The molecule has 3 atom stereocenters. The van der Waals surface area contributed by atoms with Gasteiger partial charge in [0.25, 0.3) is 11.8 Å². The smallest absolute Gasteiger partial charge is 0.352 e. The lowest BCUT2D eigenvalue weighted by molar-refractivity contribution is -0.160. The number of ether oxygens (including phenoxy) is 2. The van der Waals surface area contributed by atoms with Crippen molar-refractivity contribution in [1.82, 2.24) is 15.2 Å². The van der Waals surface area contributed by atoms with Crippen molar-refractivity contribution in [3.8, 4) is 0 Å². The first-order chi connectivity index (χ1) is 27.0. The highest BCUT2D eigenvalue weighted by Crippen LogP contribution is 2.43. The lowest BCUT2D eigenvalue weighted by Gasteiger charge is -2.49. The highest BCUT2D eigenvalue weighted by molar-refractivity contribution is 8.00. The van der Waals surface area contributed by atoms with Crippen LogP contribution in [0.25, 0.3) is 0 Å². The van der Waals surface area contributed by atoms with Gasteiger partial charge < -0.3 is 30.1 Å². The molecule has 0 bridgehead atoms. The number of benzene rings is 3. The first kappa shape index (κ1) is 38.8. The summed E-state index contributed by atoms with van der Waals surface area (Å²) in [5.41, 5.74) is 1.43. The maximum absolute atomic E-state index is 14.1. The molecule has 15 heteroatoms. The Balaban J connectivity index is 1.20. The number of β-lactam (4-membered cyclic amide) rings is 1. The number of nitrogens with zero attached hydrogens (tertiary/aromatic N) is 3. The molecule has 0 saturated carbocycles. The molecule has 2 fully saturated rings. The maximum Gasteiger partial charge on any atom is 0.352 e. The topological polar surface area (TPSA) is 169 Å². The fraction of sp³-hybridized carbons (Fsp3) is 0.317. The number of carboxylic acids is 1. The van der Waals surface area contributed by atoms with Gasteiger partial charge >= 0.3 is 11.9 Å². The predicted octanol–water partition coefficient (Wildman–Crippen LogP) is 5.53. The standard InChI is InChI=1S/C41H41N5O8S2/c1-40(2,3)54-31(47)22-53-45-32(35(48)43-33-36(49)46-34(38(50)51)28(23-55-37(33)46)30-20-13-21-52-30)29-24-56-39(42-29)44-41(25-14-7-4-8-15-25,26-16-9-5-10-17-26)27-18-11-6-12-19-27/h4-12,14-19,24,30,33,37H,13,20-23H2,1-3H3,(H,42,44)(H,43,48)(H,50,51)/b45-32-/t30-,33-,37-/m1/s1. The van der Waals surface area contributed by atoms with Gasteiger partial charge in [0.15, 0.2) is 10.8 Å². The zero-order chi connectivity index (χ0) is 39.5. The predicted molar refractivity (Wildman–Crippen MR) is 212 cm³/mol. The van der Waals surface area contributed by atoms with Crippen LogP contribution in [0.15, 0.2) is 113 Å². The number of aromatic nitrogens is 1. The molecule has 0 unspecified atom stereocenters. The maximum atomic E-state index is 14.1. The van der Waals surface area contributed by atoms with Crippen molar-refractivity contribution in [2.24, 2.45) is 5.16 Å². The molecule has 2 amide bonds. The van der Waals surface area contributed by atoms with Crippen LogP contribution < -0.4 is 10.6 Å². The second-order valence-corrected chi connectivity index (χ2v) is 16.3. The molecular weight excluding hydrogens is 755 g/mol. The number of thiazole rings is 1. The third-order valence-electron chi connectivity index (χ3n) is 9.44. The lowest BCUT2D eigenvalue weighted by Crippen LogP contribution is -2.71. The van der Waals surface area contributed by atoms with E-state index in [1.54, 1.807) is 26.2 Å². The minimum absolute atomic E-state index is 0.0975. The molecule has 0 radical (unpaired) electrons. The van der Waals surface area contributed by atoms with Gasteiger partial charge in [0.1, 0.15) is 33.9 Å². The van der Waals surface area contributed by atoms with E-state index in [9.17, 15) is 24.3 Å². The van der Waals surface area contributed by atoms with E-state index < -0.39 is 52.9 Å². The van der Waals surface area contributed by atoms with Crippen molar-refractivity contribution in [3.05, 3.63) is 130 Å². The molecule has 3 aliphatic heterocycles. The van der Waals surface area contributed by atoms with Gasteiger partial charge in [0.2, 0.25) is 6.61 Å². The van der Waals surface area contributed by atoms with Gasteiger partial charge in [-0.3, -0.25) is 14.5 Å². The summed E-state index contributed by atoms with van der Waals surface area (Å²) in [4.78, 5) is 64.0. The van der Waals surface area contributed by atoms with E-state index in [0.29, 0.717) is 29.5 Å². The summed E-state index contributed by atoms with van der Waals surface area (Å²) < 4.78 is 11.1. The van der Waals surface area contributed by atoms with Gasteiger partial charge in [-0.2, -0.15) is 0 Å². The van der Waals surface area contributed by atoms with Crippen LogP contribution >= 0.6 is 23.1 Å². The number of fused-ring (bicyclic) bond motifs is 1. The minimum atomic E-state index is -1.23. The molecule has 7 rings (SSSR count). The molecule has 290 valence electrons. The summed E-state index contributed by atoms with van der Waals surface area (Å²) >= 11 is 2.59. The SMILES string of the molecule is CC(C)(C)OC(=O)CO/N=C(\C(=O)N[C@@H]1C(=O)N2C(C(=O)O)=C([C@H]3CCCO3)CS[C@H]12)c1csc(NC(c2ccccc2)(c2ccccc2)c2ccccc2)n1. The van der Waals surface area contributed by atoms with Crippen LogP contribution in [-0.2, 0) is 39.0 Å². The minimum Gasteiger partial charge on any atom is -0.477 e. The monoisotopic (exact) mass is 795 g/mol. The summed E-state index contributed by atoms with van der Waals surface area (Å²) in [6, 6.07) is 28.8. The number of oxime groups is 1. The normalized spacial score (nSPS) is 19.8. The Morgan fingerprint density at radius 3 is 2.11 bits per heavy atom. The van der Waals surface area contributed by atoms with Gasteiger partial charge in [0, 0.05) is 17.7 Å². The van der Waals surface area contributed by atoms with E-state index in [0.717, 1.165) is 23.1 Å². The van der Waals surface area contributed by atoms with Crippen LogP contribution in [0.4, 0.5) is 5.13 Å². The fourth-order valence-corrected chi connectivity index (χ4v) is 9.22. The van der Waals surface area contributed by atoms with E-state index in [1.165, 1.54) is 28.0 Å². The third kappa shape index (κ3) is 7.92. The van der Waals surface area contributed by atoms with Crippen LogP contribution in [0.5, 0.6) is 0 Å². The number of thioether (sulfide) groups is 1. The highest BCUT2D eigenvalue weighted by Gasteiger charge is 2.55. The number of amides is 2. The van der Waals surface area contributed by atoms with Crippen LogP contribution in [0.2, 0.25) is 0 Å². The number of carbonyl (C=O) groups excluding carboxylic acids is 3. The molecule has 3 N–H and O–H groups in total. The molecule has 3 aromatic carbocycles. The Kier molecular flexibility index (Phi) is 11.3. The number of carboxylic acid groups (broad SMARTS) is 1. The lowest BCUT2D eigenvalue weighted by atomic mass is 9.77. The van der Waals surface area contributed by atoms with Crippen molar-refractivity contribution in [1.29, 1.82) is 0 Å². The van der Waals surface area contributed by atoms with Crippen LogP contribution in [-0.4, -0.2) is 86.5 Å². The Morgan fingerprint density at radius 1 is 0.964 bits per heavy atom. The molecule has 0 aliphatic carbocycles. The van der Waals surface area contributed by atoms with E-state index in [4.69, 9.17) is 19.3 Å². The molecule has 4 heterocycles. The number of carbonyl (C=O) groups is 4. The summed E-state index contributed by atoms with van der Waals surface area (Å²) in [6.07, 6.45) is 1.12. The van der Waals surface area contributed by atoms with E-state index in [-0.39, 0.29) is 23.2 Å². The second-order valence-electron chi connectivity index (χ2n) is 14.4. The summed E-state index contributed by atoms with van der Waals surface area (Å²) in [6.45, 7) is 5.09. The Labute approximate surface area is 332 Å². The highest BCUT2D eigenvalue weighted by atomic mass is 32.2. The van der Waals surface area contributed by atoms with E-state index in [2.05, 4.69) is 15.8 Å². The van der Waals surface area contributed by atoms with Crippen molar-refractivity contribution in [3.63, 3.8) is 0 Å². The molecule has 3 aliphatic rings. The second kappa shape index (κ2) is 16.3. The molecule has 1 aromatic heterocycles.